The summed E-state index contributed by atoms with van der Waals surface area (Å²) in [5.41, 5.74) is 1.34. The number of nitriles is 1. The smallest absolute Gasteiger partial charge is 0.159 e. The summed E-state index contributed by atoms with van der Waals surface area (Å²) in [5.74, 6) is 0. The van der Waals surface area contributed by atoms with Crippen molar-refractivity contribution in [2.75, 3.05) is 7.05 Å². The summed E-state index contributed by atoms with van der Waals surface area (Å²) in [4.78, 5) is 4.10. The van der Waals surface area contributed by atoms with Crippen LogP contribution in [0.15, 0.2) is 17.2 Å². The first kappa shape index (κ1) is 10.5. The number of thioether (sulfide) groups is 1. The molecule has 4 nitrogen and oxygen atoms in total. The SMILES string of the molecule is CNC(=N)Sc1nc(C#N)ccc1C. The average molecular weight is 206 g/mol. The van der Waals surface area contributed by atoms with E-state index in [2.05, 4.69) is 10.3 Å². The third-order valence-electron chi connectivity index (χ3n) is 1.59. The van der Waals surface area contributed by atoms with Crippen molar-refractivity contribution in [1.82, 2.24) is 10.3 Å². The van der Waals surface area contributed by atoms with Gasteiger partial charge in [-0.05, 0) is 30.3 Å². The van der Waals surface area contributed by atoms with Gasteiger partial charge in [-0.3, -0.25) is 5.41 Å². The van der Waals surface area contributed by atoms with Gasteiger partial charge in [-0.25, -0.2) is 4.98 Å². The highest BCUT2D eigenvalue weighted by molar-refractivity contribution is 8.13. The lowest BCUT2D eigenvalue weighted by Gasteiger charge is -2.04. The zero-order valence-corrected chi connectivity index (χ0v) is 8.77. The Hall–Kier alpha value is -1.54. The van der Waals surface area contributed by atoms with Gasteiger partial charge in [0.25, 0.3) is 0 Å². The van der Waals surface area contributed by atoms with E-state index in [-0.39, 0.29) is 0 Å². The molecule has 0 fully saturated rings. The molecule has 0 aromatic carbocycles. The van der Waals surface area contributed by atoms with E-state index in [1.54, 1.807) is 13.1 Å². The Kier molecular flexibility index (Phi) is 3.48. The lowest BCUT2D eigenvalue weighted by molar-refractivity contribution is 1.06. The van der Waals surface area contributed by atoms with E-state index in [9.17, 15) is 0 Å². The molecule has 72 valence electrons. The monoisotopic (exact) mass is 206 g/mol. The summed E-state index contributed by atoms with van der Waals surface area (Å²) >= 11 is 1.21. The van der Waals surface area contributed by atoms with Crippen LogP contribution in [0.1, 0.15) is 11.3 Å². The van der Waals surface area contributed by atoms with Crippen molar-refractivity contribution in [2.24, 2.45) is 0 Å². The summed E-state index contributed by atoms with van der Waals surface area (Å²) in [6.07, 6.45) is 0. The summed E-state index contributed by atoms with van der Waals surface area (Å²) in [7, 11) is 1.68. The molecule has 1 aromatic rings. The van der Waals surface area contributed by atoms with Crippen LogP contribution in [0.5, 0.6) is 0 Å². The number of aryl methyl sites for hydroxylation is 1. The van der Waals surface area contributed by atoms with E-state index in [0.717, 1.165) is 5.56 Å². The van der Waals surface area contributed by atoms with Gasteiger partial charge < -0.3 is 5.32 Å². The molecule has 5 heteroatoms. The van der Waals surface area contributed by atoms with Crippen LogP contribution in [0.4, 0.5) is 0 Å². The Bertz CT molecular complexity index is 394. The Morgan fingerprint density at radius 2 is 2.36 bits per heavy atom. The normalized spacial score (nSPS) is 9.21. The van der Waals surface area contributed by atoms with Crippen LogP contribution in [-0.4, -0.2) is 17.2 Å². The van der Waals surface area contributed by atoms with Crippen molar-refractivity contribution in [2.45, 2.75) is 11.9 Å². The van der Waals surface area contributed by atoms with Gasteiger partial charge in [0.05, 0.1) is 0 Å². The molecule has 0 saturated carbocycles. The van der Waals surface area contributed by atoms with Crippen molar-refractivity contribution in [3.8, 4) is 6.07 Å². The highest BCUT2D eigenvalue weighted by atomic mass is 32.2. The molecule has 0 radical (unpaired) electrons. The molecule has 1 rings (SSSR count). The van der Waals surface area contributed by atoms with Crippen LogP contribution in [0, 0.1) is 23.7 Å². The van der Waals surface area contributed by atoms with E-state index >= 15 is 0 Å². The van der Waals surface area contributed by atoms with Gasteiger partial charge in [0.1, 0.15) is 16.8 Å². The molecular weight excluding hydrogens is 196 g/mol. The Balaban J connectivity index is 2.96. The van der Waals surface area contributed by atoms with Crippen LogP contribution < -0.4 is 5.32 Å². The molecule has 0 aliphatic carbocycles. The summed E-state index contributed by atoms with van der Waals surface area (Å²) in [6, 6.07) is 5.47. The van der Waals surface area contributed by atoms with Crippen LogP contribution >= 0.6 is 11.8 Å². The zero-order valence-electron chi connectivity index (χ0n) is 7.96. The third kappa shape index (κ3) is 2.47. The standard InChI is InChI=1S/C9H10N4S/c1-6-3-4-7(5-10)13-8(6)14-9(11)12-2/h3-4H,1-2H3,(H2,11,12). The topological polar surface area (TPSA) is 72.6 Å². The minimum Gasteiger partial charge on any atom is -0.368 e. The second kappa shape index (κ2) is 4.63. The summed E-state index contributed by atoms with van der Waals surface area (Å²) in [6.45, 7) is 1.90. The van der Waals surface area contributed by atoms with Crippen LogP contribution in [0.3, 0.4) is 0 Å². The fraction of sp³-hybridized carbons (Fsp3) is 0.222. The fourth-order valence-electron chi connectivity index (χ4n) is 0.823. The maximum Gasteiger partial charge on any atom is 0.159 e. The van der Waals surface area contributed by atoms with Crippen LogP contribution in [-0.2, 0) is 0 Å². The molecule has 1 aromatic heterocycles. The maximum absolute atomic E-state index is 8.65. The number of aromatic nitrogens is 1. The minimum atomic E-state index is 0.315. The predicted octanol–water partition coefficient (Wildman–Crippen LogP) is 1.51. The summed E-state index contributed by atoms with van der Waals surface area (Å²) in [5, 5.41) is 19.8. The van der Waals surface area contributed by atoms with E-state index in [1.165, 1.54) is 11.8 Å². The lowest BCUT2D eigenvalue weighted by atomic mass is 10.3. The first-order valence-electron chi connectivity index (χ1n) is 3.99. The molecule has 0 unspecified atom stereocenters. The lowest BCUT2D eigenvalue weighted by Crippen LogP contribution is -2.12. The van der Waals surface area contributed by atoms with Crippen molar-refractivity contribution >= 4 is 16.9 Å². The molecule has 14 heavy (non-hydrogen) atoms. The fourth-order valence-corrected chi connectivity index (χ4v) is 1.49. The quantitative estimate of drug-likeness (QED) is 0.415. The highest BCUT2D eigenvalue weighted by Gasteiger charge is 2.05. The largest absolute Gasteiger partial charge is 0.368 e. The van der Waals surface area contributed by atoms with E-state index in [0.29, 0.717) is 15.9 Å². The molecule has 2 N–H and O–H groups in total. The minimum absolute atomic E-state index is 0.315. The third-order valence-corrected chi connectivity index (χ3v) is 2.61. The number of hydrogen-bond donors (Lipinski definition) is 2. The molecule has 0 atom stereocenters. The number of rotatable bonds is 1. The van der Waals surface area contributed by atoms with Crippen molar-refractivity contribution in [1.29, 1.82) is 10.7 Å². The summed E-state index contributed by atoms with van der Waals surface area (Å²) < 4.78 is 0. The Morgan fingerprint density at radius 3 is 2.93 bits per heavy atom. The molecule has 0 bridgehead atoms. The van der Waals surface area contributed by atoms with Gasteiger partial charge >= 0.3 is 0 Å². The zero-order chi connectivity index (χ0) is 10.6. The van der Waals surface area contributed by atoms with E-state index in [4.69, 9.17) is 10.7 Å². The number of nitrogens with one attached hydrogen (secondary N) is 2. The van der Waals surface area contributed by atoms with Crippen molar-refractivity contribution in [3.05, 3.63) is 23.4 Å². The van der Waals surface area contributed by atoms with Crippen LogP contribution in [0.25, 0.3) is 0 Å². The predicted molar refractivity (Wildman–Crippen MR) is 56.3 cm³/mol. The van der Waals surface area contributed by atoms with Crippen molar-refractivity contribution in [3.63, 3.8) is 0 Å². The van der Waals surface area contributed by atoms with E-state index < -0.39 is 0 Å². The number of hydrogen-bond acceptors (Lipinski definition) is 4. The number of nitrogens with zero attached hydrogens (tertiary/aromatic N) is 2. The molecule has 0 saturated heterocycles. The maximum atomic E-state index is 8.65. The highest BCUT2D eigenvalue weighted by Crippen LogP contribution is 2.19. The average Bonchev–Trinajstić information content (AvgIpc) is 2.21. The van der Waals surface area contributed by atoms with Gasteiger partial charge in [-0.1, -0.05) is 6.07 Å². The molecule has 0 aliphatic heterocycles. The second-order valence-corrected chi connectivity index (χ2v) is 3.61. The molecular formula is C9H10N4S. The molecule has 0 spiro atoms. The Morgan fingerprint density at radius 1 is 1.64 bits per heavy atom. The van der Waals surface area contributed by atoms with Crippen molar-refractivity contribution < 1.29 is 0 Å². The molecule has 0 amide bonds. The molecule has 1 heterocycles. The Labute approximate surface area is 86.9 Å². The first-order valence-corrected chi connectivity index (χ1v) is 4.81. The van der Waals surface area contributed by atoms with Crippen LogP contribution in [0.2, 0.25) is 0 Å². The number of amidine groups is 1. The second-order valence-electron chi connectivity index (χ2n) is 2.61. The van der Waals surface area contributed by atoms with Gasteiger partial charge in [-0.2, -0.15) is 5.26 Å². The van der Waals surface area contributed by atoms with Gasteiger partial charge in [0.15, 0.2) is 5.17 Å². The first-order chi connectivity index (χ1) is 6.67. The van der Waals surface area contributed by atoms with E-state index in [1.807, 2.05) is 19.1 Å². The molecule has 0 aliphatic rings. The van der Waals surface area contributed by atoms with Gasteiger partial charge in [0, 0.05) is 7.05 Å². The number of pyridine rings is 1. The van der Waals surface area contributed by atoms with Gasteiger partial charge in [0.2, 0.25) is 0 Å². The van der Waals surface area contributed by atoms with Gasteiger partial charge in [-0.15, -0.1) is 0 Å².